The van der Waals surface area contributed by atoms with Crippen molar-refractivity contribution < 1.29 is 0 Å². The molecule has 0 radical (unpaired) electrons. The van der Waals surface area contributed by atoms with E-state index < -0.39 is 0 Å². The van der Waals surface area contributed by atoms with Crippen molar-refractivity contribution in [2.24, 2.45) is 5.73 Å². The second kappa shape index (κ2) is 6.87. The van der Waals surface area contributed by atoms with Crippen molar-refractivity contribution in [1.29, 1.82) is 5.41 Å². The highest BCUT2D eigenvalue weighted by Crippen LogP contribution is 2.34. The van der Waals surface area contributed by atoms with Crippen LogP contribution in [0.2, 0.25) is 0 Å². The summed E-state index contributed by atoms with van der Waals surface area (Å²) in [6.45, 7) is 7.34. The Hall–Kier alpha value is -1.65. The molecular weight excluding hydrogens is 262 g/mol. The molecule has 1 fully saturated rings. The minimum atomic E-state index is 0.119. The van der Waals surface area contributed by atoms with Crippen LogP contribution in [0.3, 0.4) is 0 Å². The Morgan fingerprint density at radius 3 is 2.43 bits per heavy atom. The van der Waals surface area contributed by atoms with E-state index in [9.17, 15) is 0 Å². The van der Waals surface area contributed by atoms with E-state index in [1.54, 1.807) is 0 Å². The molecule has 1 heterocycles. The lowest BCUT2D eigenvalue weighted by molar-refractivity contribution is 0.693. The second-order valence-electron chi connectivity index (χ2n) is 5.72. The van der Waals surface area contributed by atoms with Gasteiger partial charge in [-0.1, -0.05) is 27.2 Å². The highest BCUT2D eigenvalue weighted by molar-refractivity contribution is 6.01. The number of rotatable bonds is 8. The lowest BCUT2D eigenvalue weighted by Crippen LogP contribution is -2.32. The highest BCUT2D eigenvalue weighted by Gasteiger charge is 2.32. The summed E-state index contributed by atoms with van der Waals surface area (Å²) in [4.78, 5) is 2.33. The summed E-state index contributed by atoms with van der Waals surface area (Å²) < 4.78 is 0. The van der Waals surface area contributed by atoms with Crippen LogP contribution in [0, 0.1) is 5.41 Å². The highest BCUT2D eigenvalue weighted by atomic mass is 15.3. The van der Waals surface area contributed by atoms with Gasteiger partial charge in [-0.3, -0.25) is 5.41 Å². The van der Waals surface area contributed by atoms with Crippen molar-refractivity contribution in [2.75, 3.05) is 11.4 Å². The molecule has 1 aliphatic rings. The molecule has 5 nitrogen and oxygen atoms in total. The van der Waals surface area contributed by atoms with E-state index in [2.05, 4.69) is 35.9 Å². The summed E-state index contributed by atoms with van der Waals surface area (Å²) in [5, 5.41) is 16.9. The predicted octanol–water partition coefficient (Wildman–Crippen LogP) is 2.65. The Morgan fingerprint density at radius 2 is 1.95 bits per heavy atom. The van der Waals surface area contributed by atoms with E-state index in [1.807, 2.05) is 0 Å². The Balaban J connectivity index is 2.47. The van der Waals surface area contributed by atoms with Gasteiger partial charge in [0.25, 0.3) is 0 Å². The molecule has 21 heavy (non-hydrogen) atoms. The molecule has 5 heteroatoms. The van der Waals surface area contributed by atoms with E-state index in [0.29, 0.717) is 6.04 Å². The number of nitrogens with two attached hydrogens (primary N) is 1. The molecule has 1 aliphatic carbocycles. The van der Waals surface area contributed by atoms with Gasteiger partial charge in [-0.2, -0.15) is 5.10 Å². The van der Waals surface area contributed by atoms with Crippen LogP contribution in [0.25, 0.3) is 0 Å². The fraction of sp³-hybridized carbons (Fsp3) is 0.688. The average Bonchev–Trinajstić information content (AvgIpc) is 3.31. The summed E-state index contributed by atoms with van der Waals surface area (Å²) in [6, 6.07) is 0.557. The monoisotopic (exact) mass is 289 g/mol. The smallest absolute Gasteiger partial charge is 0.162 e. The average molecular weight is 289 g/mol. The van der Waals surface area contributed by atoms with E-state index in [4.69, 9.17) is 11.1 Å². The number of nitrogens with zero attached hydrogens (tertiary/aromatic N) is 3. The summed E-state index contributed by atoms with van der Waals surface area (Å²) in [7, 11) is 0. The van der Waals surface area contributed by atoms with Gasteiger partial charge >= 0.3 is 0 Å². The maximum Gasteiger partial charge on any atom is 0.162 e. The number of hydrogen-bond acceptors (Lipinski definition) is 4. The van der Waals surface area contributed by atoms with E-state index in [0.717, 1.165) is 54.9 Å². The molecule has 0 aliphatic heterocycles. The van der Waals surface area contributed by atoms with Gasteiger partial charge in [0.05, 0.1) is 11.3 Å². The molecule has 3 N–H and O–H groups in total. The number of aromatic nitrogens is 2. The molecule has 1 aromatic heterocycles. The number of hydrogen-bond donors (Lipinski definition) is 2. The predicted molar refractivity (Wildman–Crippen MR) is 87.1 cm³/mol. The molecule has 0 bridgehead atoms. The van der Waals surface area contributed by atoms with Crippen LogP contribution >= 0.6 is 0 Å². The summed E-state index contributed by atoms with van der Waals surface area (Å²) >= 11 is 0. The summed E-state index contributed by atoms with van der Waals surface area (Å²) in [6.07, 6.45) is 6.37. The number of nitrogens with one attached hydrogen (secondary N) is 1. The van der Waals surface area contributed by atoms with Crippen LogP contribution in [0.4, 0.5) is 5.82 Å². The van der Waals surface area contributed by atoms with Gasteiger partial charge in [0, 0.05) is 12.6 Å². The molecule has 2 rings (SSSR count). The third kappa shape index (κ3) is 3.34. The van der Waals surface area contributed by atoms with Gasteiger partial charge in [0.1, 0.15) is 5.84 Å². The van der Waals surface area contributed by atoms with Crippen LogP contribution in [0.5, 0.6) is 0 Å². The number of nitrogen functional groups attached to an aromatic ring is 1. The van der Waals surface area contributed by atoms with Crippen molar-refractivity contribution in [1.82, 2.24) is 10.2 Å². The first-order valence-electron chi connectivity index (χ1n) is 8.13. The first-order chi connectivity index (χ1) is 10.1. The minimum absolute atomic E-state index is 0.119. The van der Waals surface area contributed by atoms with Crippen LogP contribution in [0.1, 0.15) is 63.3 Å². The van der Waals surface area contributed by atoms with E-state index in [-0.39, 0.29) is 5.84 Å². The first-order valence-corrected chi connectivity index (χ1v) is 8.13. The third-order valence-electron chi connectivity index (χ3n) is 4.11. The van der Waals surface area contributed by atoms with Crippen LogP contribution < -0.4 is 10.6 Å². The molecule has 0 spiro atoms. The Morgan fingerprint density at radius 1 is 1.24 bits per heavy atom. The van der Waals surface area contributed by atoms with E-state index in [1.165, 1.54) is 12.8 Å². The summed E-state index contributed by atoms with van der Waals surface area (Å²) in [5.74, 6) is 0.945. The fourth-order valence-electron chi connectivity index (χ4n) is 2.82. The molecule has 1 saturated carbocycles. The Kier molecular flexibility index (Phi) is 5.15. The van der Waals surface area contributed by atoms with Crippen molar-refractivity contribution in [3.05, 3.63) is 16.8 Å². The zero-order valence-corrected chi connectivity index (χ0v) is 13.4. The van der Waals surface area contributed by atoms with Crippen LogP contribution in [0.15, 0.2) is 0 Å². The van der Waals surface area contributed by atoms with Crippen molar-refractivity contribution >= 4 is 11.7 Å². The molecule has 0 aromatic carbocycles. The number of amidine groups is 1. The second-order valence-corrected chi connectivity index (χ2v) is 5.72. The number of anilines is 1. The van der Waals surface area contributed by atoms with Gasteiger partial charge in [-0.15, -0.1) is 5.10 Å². The first kappa shape index (κ1) is 15.7. The number of aryl methyl sites for hydroxylation is 1. The maximum atomic E-state index is 8.01. The van der Waals surface area contributed by atoms with Crippen molar-refractivity contribution in [3.8, 4) is 0 Å². The molecule has 0 unspecified atom stereocenters. The minimum Gasteiger partial charge on any atom is -0.384 e. The van der Waals surface area contributed by atoms with Gasteiger partial charge in [-0.05, 0) is 37.7 Å². The van der Waals surface area contributed by atoms with Crippen LogP contribution in [-0.2, 0) is 12.8 Å². The quantitative estimate of drug-likeness (QED) is 0.569. The zero-order valence-electron chi connectivity index (χ0n) is 13.4. The lowest BCUT2D eigenvalue weighted by atomic mass is 10.0. The normalized spacial score (nSPS) is 14.2. The van der Waals surface area contributed by atoms with Gasteiger partial charge in [0.15, 0.2) is 5.82 Å². The molecule has 116 valence electrons. The lowest BCUT2D eigenvalue weighted by Gasteiger charge is -2.26. The molecular formula is C16H27N5. The van der Waals surface area contributed by atoms with Gasteiger partial charge in [-0.25, -0.2) is 0 Å². The third-order valence-corrected chi connectivity index (χ3v) is 4.11. The number of unbranched alkanes of at least 4 members (excludes halogenated alkanes) is 1. The fourth-order valence-corrected chi connectivity index (χ4v) is 2.82. The SMILES string of the molecule is CCCCN(c1nnc(CC)c(CC)c1C(=N)N)C1CC1. The van der Waals surface area contributed by atoms with Crippen molar-refractivity contribution in [2.45, 2.75) is 65.3 Å². The van der Waals surface area contributed by atoms with E-state index >= 15 is 0 Å². The zero-order chi connectivity index (χ0) is 15.4. The molecule has 0 atom stereocenters. The Bertz CT molecular complexity index is 508. The molecule has 1 aromatic rings. The maximum absolute atomic E-state index is 8.01. The molecule has 0 saturated heterocycles. The topological polar surface area (TPSA) is 78.9 Å². The Labute approximate surface area is 127 Å². The standard InChI is InChI=1S/C16H27N5/c1-4-7-10-21(11-8-9-11)16-14(15(17)18)12(5-2)13(6-3)19-20-16/h11H,4-10H2,1-3H3,(H3,17,18). The van der Waals surface area contributed by atoms with Crippen LogP contribution in [-0.4, -0.2) is 28.6 Å². The van der Waals surface area contributed by atoms with Gasteiger partial charge < -0.3 is 10.6 Å². The van der Waals surface area contributed by atoms with Gasteiger partial charge in [0.2, 0.25) is 0 Å². The largest absolute Gasteiger partial charge is 0.384 e. The summed E-state index contributed by atoms with van der Waals surface area (Å²) in [5.41, 5.74) is 8.77. The molecule has 0 amide bonds. The van der Waals surface area contributed by atoms with Crippen molar-refractivity contribution in [3.63, 3.8) is 0 Å².